The summed E-state index contributed by atoms with van der Waals surface area (Å²) < 4.78 is 49.3. The molecule has 176 valence electrons. The van der Waals surface area contributed by atoms with Gasteiger partial charge in [0.25, 0.3) is 5.91 Å². The Bertz CT molecular complexity index is 857. The van der Waals surface area contributed by atoms with Crippen molar-refractivity contribution >= 4 is 5.91 Å². The van der Waals surface area contributed by atoms with Gasteiger partial charge in [-0.05, 0) is 50.6 Å². The molecule has 0 aliphatic carbocycles. The molecule has 0 saturated heterocycles. The molecule has 1 N–H and O–H groups in total. The van der Waals surface area contributed by atoms with Gasteiger partial charge in [-0.1, -0.05) is 6.92 Å². The molecule has 0 spiro atoms. The van der Waals surface area contributed by atoms with Gasteiger partial charge in [-0.3, -0.25) is 9.78 Å². The summed E-state index contributed by atoms with van der Waals surface area (Å²) in [5.74, 6) is 0.419. The van der Waals surface area contributed by atoms with Crippen molar-refractivity contribution in [1.29, 1.82) is 0 Å². The SMILES string of the molecule is CCCN(C(=O)COc1ccc(C(F)(F)F)cc1)[C@H](CO)Cc1cnccc1OC(C)C. The van der Waals surface area contributed by atoms with Crippen LogP contribution < -0.4 is 9.47 Å². The highest BCUT2D eigenvalue weighted by Gasteiger charge is 2.30. The van der Waals surface area contributed by atoms with Crippen LogP contribution in [0.5, 0.6) is 11.5 Å². The Morgan fingerprint density at radius 2 is 1.88 bits per heavy atom. The predicted molar refractivity (Wildman–Crippen MR) is 114 cm³/mol. The van der Waals surface area contributed by atoms with Gasteiger partial charge >= 0.3 is 6.18 Å². The Morgan fingerprint density at radius 3 is 2.44 bits per heavy atom. The summed E-state index contributed by atoms with van der Waals surface area (Å²) in [7, 11) is 0. The van der Waals surface area contributed by atoms with Crippen LogP contribution in [0, 0.1) is 0 Å². The minimum Gasteiger partial charge on any atom is -0.491 e. The van der Waals surface area contributed by atoms with E-state index in [1.165, 1.54) is 17.0 Å². The zero-order valence-electron chi connectivity index (χ0n) is 18.4. The first-order valence-corrected chi connectivity index (χ1v) is 10.5. The number of hydrogen-bond acceptors (Lipinski definition) is 5. The van der Waals surface area contributed by atoms with Gasteiger partial charge in [-0.2, -0.15) is 13.2 Å². The van der Waals surface area contributed by atoms with Gasteiger partial charge in [0.15, 0.2) is 6.61 Å². The molecule has 32 heavy (non-hydrogen) atoms. The number of amides is 1. The number of alkyl halides is 3. The molecule has 0 radical (unpaired) electrons. The Balaban J connectivity index is 2.09. The zero-order valence-corrected chi connectivity index (χ0v) is 18.4. The largest absolute Gasteiger partial charge is 0.491 e. The number of aliphatic hydroxyl groups excluding tert-OH is 1. The van der Waals surface area contributed by atoms with Crippen molar-refractivity contribution in [1.82, 2.24) is 9.88 Å². The maximum atomic E-state index is 12.8. The Kier molecular flexibility index (Phi) is 9.31. The van der Waals surface area contributed by atoms with E-state index in [2.05, 4.69) is 4.98 Å². The Morgan fingerprint density at radius 1 is 1.19 bits per heavy atom. The molecule has 0 saturated carbocycles. The fourth-order valence-corrected chi connectivity index (χ4v) is 3.18. The standard InChI is InChI=1S/C23H29F3N2O4/c1-4-11-28(19(14-29)12-17-13-27-10-9-21(17)32-16(2)3)22(30)15-31-20-7-5-18(6-8-20)23(24,25)26/h5-10,13,16,19,29H,4,11-12,14-15H2,1-3H3/t19-/m0/s1. The second kappa shape index (κ2) is 11.7. The molecule has 1 aromatic heterocycles. The summed E-state index contributed by atoms with van der Waals surface area (Å²) in [4.78, 5) is 18.5. The van der Waals surface area contributed by atoms with Crippen molar-refractivity contribution in [3.05, 3.63) is 53.9 Å². The minimum atomic E-state index is -4.44. The number of benzene rings is 1. The quantitative estimate of drug-likeness (QED) is 0.553. The van der Waals surface area contributed by atoms with E-state index in [9.17, 15) is 23.1 Å². The first-order chi connectivity index (χ1) is 15.2. The molecule has 2 rings (SSSR count). The Labute approximate surface area is 186 Å². The summed E-state index contributed by atoms with van der Waals surface area (Å²) in [6.45, 7) is 5.47. The fourth-order valence-electron chi connectivity index (χ4n) is 3.18. The van der Waals surface area contributed by atoms with Gasteiger partial charge in [0.2, 0.25) is 0 Å². The van der Waals surface area contributed by atoms with Crippen molar-refractivity contribution in [2.45, 2.75) is 51.9 Å². The number of aromatic nitrogens is 1. The fraction of sp³-hybridized carbons (Fsp3) is 0.478. The average Bonchev–Trinajstić information content (AvgIpc) is 2.75. The van der Waals surface area contributed by atoms with Crippen molar-refractivity contribution in [2.75, 3.05) is 19.8 Å². The lowest BCUT2D eigenvalue weighted by Crippen LogP contribution is -2.46. The number of rotatable bonds is 11. The van der Waals surface area contributed by atoms with Gasteiger partial charge in [0.1, 0.15) is 11.5 Å². The van der Waals surface area contributed by atoms with Gasteiger partial charge in [-0.15, -0.1) is 0 Å². The summed E-state index contributed by atoms with van der Waals surface area (Å²) in [6.07, 6.45) is -0.237. The van der Waals surface area contributed by atoms with E-state index in [-0.39, 0.29) is 31.0 Å². The number of halogens is 3. The van der Waals surface area contributed by atoms with E-state index in [1.54, 1.807) is 18.5 Å². The normalized spacial score (nSPS) is 12.5. The van der Waals surface area contributed by atoms with Gasteiger partial charge in [0, 0.05) is 30.9 Å². The van der Waals surface area contributed by atoms with Crippen molar-refractivity contribution in [3.8, 4) is 11.5 Å². The lowest BCUT2D eigenvalue weighted by Gasteiger charge is -2.31. The number of carbonyl (C=O) groups is 1. The first kappa shape index (κ1) is 25.5. The lowest BCUT2D eigenvalue weighted by atomic mass is 10.1. The van der Waals surface area contributed by atoms with E-state index in [0.29, 0.717) is 25.1 Å². The molecular formula is C23H29F3N2O4. The molecule has 0 unspecified atom stereocenters. The maximum absolute atomic E-state index is 12.8. The van der Waals surface area contributed by atoms with Crippen LogP contribution >= 0.6 is 0 Å². The molecule has 9 heteroatoms. The predicted octanol–water partition coefficient (Wildman–Crippen LogP) is 4.11. The zero-order chi connectivity index (χ0) is 23.7. The number of carbonyl (C=O) groups excluding carboxylic acids is 1. The van der Waals surface area contributed by atoms with Crippen LogP contribution in [0.2, 0.25) is 0 Å². The molecule has 6 nitrogen and oxygen atoms in total. The molecule has 1 amide bonds. The van der Waals surface area contributed by atoms with Gasteiger partial charge in [-0.25, -0.2) is 0 Å². The van der Waals surface area contributed by atoms with E-state index in [0.717, 1.165) is 17.7 Å². The van der Waals surface area contributed by atoms with Gasteiger partial charge in [0.05, 0.1) is 24.3 Å². The number of aliphatic hydroxyl groups is 1. The molecule has 0 fully saturated rings. The topological polar surface area (TPSA) is 71.9 Å². The first-order valence-electron chi connectivity index (χ1n) is 10.5. The molecule has 0 aliphatic rings. The highest BCUT2D eigenvalue weighted by atomic mass is 19.4. The van der Waals surface area contributed by atoms with Crippen LogP contribution in [0.3, 0.4) is 0 Å². The van der Waals surface area contributed by atoms with Crippen LogP contribution in [0.25, 0.3) is 0 Å². The number of hydrogen-bond donors (Lipinski definition) is 1. The average molecular weight is 454 g/mol. The monoisotopic (exact) mass is 454 g/mol. The lowest BCUT2D eigenvalue weighted by molar-refractivity contribution is -0.138. The van der Waals surface area contributed by atoms with Crippen LogP contribution in [0.1, 0.15) is 38.3 Å². The maximum Gasteiger partial charge on any atom is 0.416 e. The molecule has 1 atom stereocenters. The third-order valence-corrected chi connectivity index (χ3v) is 4.66. The molecule has 2 aromatic rings. The van der Waals surface area contributed by atoms with Crippen molar-refractivity contribution in [2.24, 2.45) is 0 Å². The number of ether oxygens (including phenoxy) is 2. The highest BCUT2D eigenvalue weighted by Crippen LogP contribution is 2.30. The van der Waals surface area contributed by atoms with Gasteiger partial charge < -0.3 is 19.5 Å². The minimum absolute atomic E-state index is 0.0470. The molecule has 0 bridgehead atoms. The van der Waals surface area contributed by atoms with E-state index >= 15 is 0 Å². The van der Waals surface area contributed by atoms with Crippen LogP contribution in [-0.2, 0) is 17.4 Å². The summed E-state index contributed by atoms with van der Waals surface area (Å²) in [5.41, 5.74) is -0.0298. The third kappa shape index (κ3) is 7.40. The van der Waals surface area contributed by atoms with E-state index < -0.39 is 17.8 Å². The molecule has 0 aliphatic heterocycles. The van der Waals surface area contributed by atoms with E-state index in [1.807, 2.05) is 20.8 Å². The van der Waals surface area contributed by atoms with Crippen LogP contribution in [0.4, 0.5) is 13.2 Å². The third-order valence-electron chi connectivity index (χ3n) is 4.66. The molecule has 1 heterocycles. The van der Waals surface area contributed by atoms with E-state index in [4.69, 9.17) is 9.47 Å². The van der Waals surface area contributed by atoms with Crippen LogP contribution in [-0.4, -0.2) is 52.8 Å². The summed E-state index contributed by atoms with van der Waals surface area (Å²) in [6, 6.07) is 5.36. The van der Waals surface area contributed by atoms with Crippen LogP contribution in [0.15, 0.2) is 42.7 Å². The number of pyridine rings is 1. The summed E-state index contributed by atoms with van der Waals surface area (Å²) >= 11 is 0. The smallest absolute Gasteiger partial charge is 0.416 e. The van der Waals surface area contributed by atoms with Crippen molar-refractivity contribution < 1.29 is 32.5 Å². The number of nitrogens with zero attached hydrogens (tertiary/aromatic N) is 2. The molecular weight excluding hydrogens is 425 g/mol. The second-order valence-corrected chi connectivity index (χ2v) is 7.59. The summed E-state index contributed by atoms with van der Waals surface area (Å²) in [5, 5.41) is 10.00. The second-order valence-electron chi connectivity index (χ2n) is 7.59. The highest BCUT2D eigenvalue weighted by molar-refractivity contribution is 5.78. The Hall–Kier alpha value is -2.81. The molecule has 1 aromatic carbocycles. The van der Waals surface area contributed by atoms with Crippen molar-refractivity contribution in [3.63, 3.8) is 0 Å².